The Bertz CT molecular complexity index is 611. The van der Waals surface area contributed by atoms with E-state index in [0.717, 1.165) is 50.4 Å². The molecule has 2 fully saturated rings. The van der Waals surface area contributed by atoms with Crippen molar-refractivity contribution in [2.75, 3.05) is 44.8 Å². The van der Waals surface area contributed by atoms with E-state index in [2.05, 4.69) is 34.4 Å². The maximum atomic E-state index is 12.8. The van der Waals surface area contributed by atoms with Crippen molar-refractivity contribution in [3.05, 3.63) is 23.9 Å². The van der Waals surface area contributed by atoms with Gasteiger partial charge in [-0.1, -0.05) is 6.07 Å². The van der Waals surface area contributed by atoms with Gasteiger partial charge < -0.3 is 25.0 Å². The molecule has 0 aliphatic carbocycles. The van der Waals surface area contributed by atoms with Gasteiger partial charge in [0.2, 0.25) is 5.91 Å². The number of anilines is 1. The average molecular weight is 449 g/mol. The molecule has 0 radical (unpaired) electrons. The van der Waals surface area contributed by atoms with Crippen LogP contribution >= 0.6 is 24.8 Å². The molecule has 1 aromatic heterocycles. The Kier molecular flexibility index (Phi) is 10.6. The second kappa shape index (κ2) is 11.9. The number of pyridine rings is 1. The zero-order valence-corrected chi connectivity index (χ0v) is 19.1. The van der Waals surface area contributed by atoms with E-state index < -0.39 is 5.41 Å². The number of carbonyl (C=O) groups excluding carboxylic acids is 1. The van der Waals surface area contributed by atoms with Gasteiger partial charge in [-0.05, 0) is 51.4 Å². The highest BCUT2D eigenvalue weighted by atomic mass is 35.5. The smallest absolute Gasteiger partial charge is 0.228 e. The van der Waals surface area contributed by atoms with Gasteiger partial charge in [0.25, 0.3) is 0 Å². The number of hydrogen-bond acceptors (Lipinski definition) is 6. The summed E-state index contributed by atoms with van der Waals surface area (Å²) >= 11 is 0. The van der Waals surface area contributed by atoms with Gasteiger partial charge in [-0.15, -0.1) is 24.8 Å². The maximum Gasteiger partial charge on any atom is 0.228 e. The molecule has 166 valence electrons. The third-order valence-corrected chi connectivity index (χ3v) is 5.47. The number of morpholine rings is 1. The fourth-order valence-electron chi connectivity index (χ4n) is 4.06. The lowest BCUT2D eigenvalue weighted by Gasteiger charge is -2.36. The number of hydrogen-bond donors (Lipinski definition) is 2. The molecular weight excluding hydrogens is 415 g/mol. The van der Waals surface area contributed by atoms with E-state index in [0.29, 0.717) is 13.2 Å². The SMILES string of the molecule is COCC1(C(=O)NCc2ccc(N3CC(C)OC(C)C3)nc2)CCNCC1.Cl.Cl. The van der Waals surface area contributed by atoms with Gasteiger partial charge in [0.1, 0.15) is 5.82 Å². The van der Waals surface area contributed by atoms with Crippen LogP contribution in [-0.4, -0.2) is 63.0 Å². The van der Waals surface area contributed by atoms with Crippen molar-refractivity contribution < 1.29 is 14.3 Å². The summed E-state index contributed by atoms with van der Waals surface area (Å²) < 4.78 is 11.1. The largest absolute Gasteiger partial charge is 0.384 e. The number of methoxy groups -OCH3 is 1. The quantitative estimate of drug-likeness (QED) is 0.694. The minimum absolute atomic E-state index is 0. The molecule has 0 bridgehead atoms. The molecule has 2 aliphatic heterocycles. The number of ether oxygens (including phenoxy) is 2. The number of rotatable bonds is 6. The van der Waals surface area contributed by atoms with Crippen molar-refractivity contribution in [1.82, 2.24) is 15.6 Å². The highest BCUT2D eigenvalue weighted by molar-refractivity contribution is 5.85. The summed E-state index contributed by atoms with van der Waals surface area (Å²) in [6, 6.07) is 4.07. The Morgan fingerprint density at radius 3 is 2.48 bits per heavy atom. The number of carbonyl (C=O) groups is 1. The van der Waals surface area contributed by atoms with Crippen molar-refractivity contribution in [2.45, 2.75) is 45.4 Å². The molecular formula is C20H34Cl2N4O3. The van der Waals surface area contributed by atoms with Crippen molar-refractivity contribution in [2.24, 2.45) is 5.41 Å². The summed E-state index contributed by atoms with van der Waals surface area (Å²) in [7, 11) is 1.66. The monoisotopic (exact) mass is 448 g/mol. The maximum absolute atomic E-state index is 12.8. The molecule has 2 aliphatic rings. The Labute approximate surface area is 186 Å². The molecule has 2 N–H and O–H groups in total. The van der Waals surface area contributed by atoms with Crippen LogP contribution in [0, 0.1) is 5.41 Å². The van der Waals surface area contributed by atoms with Gasteiger partial charge in [0.05, 0.1) is 24.2 Å². The minimum atomic E-state index is -0.423. The number of aromatic nitrogens is 1. The van der Waals surface area contributed by atoms with Crippen LogP contribution in [0.5, 0.6) is 0 Å². The van der Waals surface area contributed by atoms with Gasteiger partial charge >= 0.3 is 0 Å². The minimum Gasteiger partial charge on any atom is -0.384 e. The van der Waals surface area contributed by atoms with Crippen LogP contribution in [0.3, 0.4) is 0 Å². The summed E-state index contributed by atoms with van der Waals surface area (Å²) in [4.78, 5) is 19.7. The lowest BCUT2D eigenvalue weighted by atomic mass is 9.78. The molecule has 1 amide bonds. The van der Waals surface area contributed by atoms with Gasteiger partial charge in [-0.25, -0.2) is 4.98 Å². The van der Waals surface area contributed by atoms with Gasteiger partial charge in [-0.2, -0.15) is 0 Å². The Hall–Kier alpha value is -1.12. The first-order valence-electron chi connectivity index (χ1n) is 9.86. The first kappa shape index (κ1) is 25.9. The van der Waals surface area contributed by atoms with Crippen LogP contribution in [0.2, 0.25) is 0 Å². The fraction of sp³-hybridized carbons (Fsp3) is 0.700. The average Bonchev–Trinajstić information content (AvgIpc) is 2.66. The van der Waals surface area contributed by atoms with E-state index in [1.807, 2.05) is 18.3 Å². The van der Waals surface area contributed by atoms with E-state index in [9.17, 15) is 4.79 Å². The summed E-state index contributed by atoms with van der Waals surface area (Å²) in [5, 5.41) is 6.40. The highest BCUT2D eigenvalue weighted by Crippen LogP contribution is 2.29. The van der Waals surface area contributed by atoms with Crippen molar-refractivity contribution in [1.29, 1.82) is 0 Å². The van der Waals surface area contributed by atoms with E-state index in [1.165, 1.54) is 0 Å². The molecule has 3 rings (SSSR count). The lowest BCUT2D eigenvalue weighted by Crippen LogP contribution is -2.50. The lowest BCUT2D eigenvalue weighted by molar-refractivity contribution is -0.136. The predicted octanol–water partition coefficient (Wildman–Crippen LogP) is 2.17. The third-order valence-electron chi connectivity index (χ3n) is 5.47. The van der Waals surface area contributed by atoms with Crippen LogP contribution < -0.4 is 15.5 Å². The molecule has 9 heteroatoms. The first-order valence-corrected chi connectivity index (χ1v) is 9.86. The standard InChI is InChI=1S/C20H32N4O3.2ClH/c1-15-12-24(13-16(2)27-15)18-5-4-17(10-22-18)11-23-19(25)20(14-26-3)6-8-21-9-7-20;;/h4-5,10,15-16,21H,6-9,11-14H2,1-3H3,(H,23,25);2*1H. The Balaban J connectivity index is 0.00000210. The van der Waals surface area contributed by atoms with Gasteiger partial charge in [0.15, 0.2) is 0 Å². The molecule has 29 heavy (non-hydrogen) atoms. The molecule has 2 atom stereocenters. The topological polar surface area (TPSA) is 75.7 Å². The van der Waals surface area contributed by atoms with Crippen LogP contribution in [0.1, 0.15) is 32.3 Å². The summed E-state index contributed by atoms with van der Waals surface area (Å²) in [6.45, 7) is 8.52. The molecule has 0 aromatic carbocycles. The number of amides is 1. The summed E-state index contributed by atoms with van der Waals surface area (Å²) in [5.74, 6) is 1.03. The van der Waals surface area contributed by atoms with Gasteiger partial charge in [-0.3, -0.25) is 4.79 Å². The summed E-state index contributed by atoms with van der Waals surface area (Å²) in [5.41, 5.74) is 0.580. The molecule has 2 saturated heterocycles. The van der Waals surface area contributed by atoms with E-state index in [4.69, 9.17) is 9.47 Å². The van der Waals surface area contributed by atoms with Crippen LogP contribution in [0.25, 0.3) is 0 Å². The molecule has 2 unspecified atom stereocenters. The number of nitrogens with zero attached hydrogens (tertiary/aromatic N) is 2. The second-order valence-electron chi connectivity index (χ2n) is 7.83. The van der Waals surface area contributed by atoms with E-state index in [1.54, 1.807) is 7.11 Å². The number of halogens is 2. The zero-order chi connectivity index (χ0) is 19.3. The molecule has 0 saturated carbocycles. The number of nitrogens with one attached hydrogen (secondary N) is 2. The van der Waals surface area contributed by atoms with Gasteiger partial charge in [0, 0.05) is 32.9 Å². The van der Waals surface area contributed by atoms with Crippen molar-refractivity contribution in [3.8, 4) is 0 Å². The molecule has 3 heterocycles. The normalized spacial score (nSPS) is 23.5. The highest BCUT2D eigenvalue weighted by Gasteiger charge is 2.39. The van der Waals surface area contributed by atoms with Crippen molar-refractivity contribution >= 4 is 36.5 Å². The Morgan fingerprint density at radius 1 is 1.28 bits per heavy atom. The van der Waals surface area contributed by atoms with E-state index >= 15 is 0 Å². The number of piperidine rings is 1. The first-order chi connectivity index (χ1) is 13.0. The third kappa shape index (κ3) is 6.69. The zero-order valence-electron chi connectivity index (χ0n) is 17.5. The van der Waals surface area contributed by atoms with Crippen LogP contribution in [0.4, 0.5) is 5.82 Å². The molecule has 7 nitrogen and oxygen atoms in total. The van der Waals surface area contributed by atoms with Crippen molar-refractivity contribution in [3.63, 3.8) is 0 Å². The fourth-order valence-corrected chi connectivity index (χ4v) is 4.06. The summed E-state index contributed by atoms with van der Waals surface area (Å²) in [6.07, 6.45) is 3.87. The van der Waals surface area contributed by atoms with Crippen LogP contribution in [0.15, 0.2) is 18.3 Å². The van der Waals surface area contributed by atoms with Crippen LogP contribution in [-0.2, 0) is 20.8 Å². The second-order valence-corrected chi connectivity index (χ2v) is 7.83. The predicted molar refractivity (Wildman–Crippen MR) is 119 cm³/mol. The molecule has 0 spiro atoms. The van der Waals surface area contributed by atoms with E-state index in [-0.39, 0.29) is 42.9 Å². The molecule has 1 aromatic rings. The Morgan fingerprint density at radius 2 is 1.93 bits per heavy atom.